The highest BCUT2D eigenvalue weighted by Crippen LogP contribution is 2.11. The number of benzene rings is 1. The van der Waals surface area contributed by atoms with Crippen LogP contribution in [0, 0.1) is 0 Å². The second kappa shape index (κ2) is 6.46. The highest BCUT2D eigenvalue weighted by atomic mass is 32.2. The number of carbonyl (C=O) groups is 1. The Kier molecular flexibility index (Phi) is 5.22. The van der Waals surface area contributed by atoms with Gasteiger partial charge in [-0.05, 0) is 30.8 Å². The molecule has 1 amide bonds. The van der Waals surface area contributed by atoms with Crippen LogP contribution in [0.4, 0.5) is 0 Å². The van der Waals surface area contributed by atoms with E-state index in [4.69, 9.17) is 4.84 Å². The van der Waals surface area contributed by atoms with Gasteiger partial charge < -0.3 is 0 Å². The van der Waals surface area contributed by atoms with Crippen molar-refractivity contribution in [3.63, 3.8) is 0 Å². The molecule has 0 aliphatic rings. The molecule has 1 aromatic carbocycles. The van der Waals surface area contributed by atoms with E-state index in [1.807, 2.05) is 0 Å². The van der Waals surface area contributed by atoms with Crippen LogP contribution in [0.5, 0.6) is 0 Å². The lowest BCUT2D eigenvalue weighted by Crippen LogP contribution is -2.22. The van der Waals surface area contributed by atoms with Crippen molar-refractivity contribution in [2.24, 2.45) is 0 Å². The van der Waals surface area contributed by atoms with Gasteiger partial charge in [-0.2, -0.15) is 0 Å². The van der Waals surface area contributed by atoms with Crippen LogP contribution in [0.25, 0.3) is 6.08 Å². The van der Waals surface area contributed by atoms with E-state index in [9.17, 15) is 13.2 Å². The average Bonchev–Trinajstić information content (AvgIpc) is 2.44. The molecule has 0 atom stereocenters. The summed E-state index contributed by atoms with van der Waals surface area (Å²) < 4.78 is 25.2. The fourth-order valence-corrected chi connectivity index (χ4v) is 1.97. The standard InChI is InChI=1S/C12H16N2O4S/c1-13-19(16,17)11-7-4-10(5-8-11)6-9-12(15)14(2)18-3/h4-9,13H,1-3H3/b9-6+. The van der Waals surface area contributed by atoms with Crippen LogP contribution in [-0.4, -0.2) is 40.6 Å². The first-order valence-corrected chi connectivity index (χ1v) is 6.92. The second-order valence-electron chi connectivity index (χ2n) is 3.63. The van der Waals surface area contributed by atoms with E-state index < -0.39 is 10.0 Å². The molecule has 0 unspecified atom stereocenters. The van der Waals surface area contributed by atoms with Crippen molar-refractivity contribution in [3.8, 4) is 0 Å². The smallest absolute Gasteiger partial charge is 0.269 e. The fourth-order valence-electron chi connectivity index (χ4n) is 1.24. The van der Waals surface area contributed by atoms with Crippen molar-refractivity contribution in [2.45, 2.75) is 4.90 Å². The minimum absolute atomic E-state index is 0.174. The summed E-state index contributed by atoms with van der Waals surface area (Å²) in [6, 6.07) is 6.16. The molecule has 0 saturated heterocycles. The third kappa shape index (κ3) is 4.16. The molecule has 0 fully saturated rings. The average molecular weight is 284 g/mol. The van der Waals surface area contributed by atoms with Crippen molar-refractivity contribution < 1.29 is 18.0 Å². The maximum atomic E-state index is 11.5. The third-order valence-electron chi connectivity index (χ3n) is 2.46. The van der Waals surface area contributed by atoms with Gasteiger partial charge >= 0.3 is 0 Å². The summed E-state index contributed by atoms with van der Waals surface area (Å²) in [4.78, 5) is 16.3. The van der Waals surface area contributed by atoms with Crippen molar-refractivity contribution in [3.05, 3.63) is 35.9 Å². The Hall–Kier alpha value is -1.70. The molecule has 0 aliphatic carbocycles. The quantitative estimate of drug-likeness (QED) is 0.635. The van der Waals surface area contributed by atoms with Crippen LogP contribution in [0.3, 0.4) is 0 Å². The highest BCUT2D eigenvalue weighted by molar-refractivity contribution is 7.89. The van der Waals surface area contributed by atoms with Gasteiger partial charge in [0, 0.05) is 13.1 Å². The number of sulfonamides is 1. The summed E-state index contributed by atoms with van der Waals surface area (Å²) >= 11 is 0. The lowest BCUT2D eigenvalue weighted by atomic mass is 10.2. The van der Waals surface area contributed by atoms with Gasteiger partial charge in [-0.15, -0.1) is 0 Å². The summed E-state index contributed by atoms with van der Waals surface area (Å²) in [5.74, 6) is -0.311. The Bertz CT molecular complexity index is 564. The monoisotopic (exact) mass is 284 g/mol. The summed E-state index contributed by atoms with van der Waals surface area (Å²) in [6.45, 7) is 0. The van der Waals surface area contributed by atoms with E-state index in [2.05, 4.69) is 4.72 Å². The number of rotatable bonds is 5. The molecule has 1 N–H and O–H groups in total. The van der Waals surface area contributed by atoms with Crippen LogP contribution in [0.1, 0.15) is 5.56 Å². The van der Waals surface area contributed by atoms with Crippen LogP contribution in [0.2, 0.25) is 0 Å². The summed E-state index contributed by atoms with van der Waals surface area (Å²) in [6.07, 6.45) is 2.92. The third-order valence-corrected chi connectivity index (χ3v) is 3.89. The Labute approximate surface area is 112 Å². The fraction of sp³-hybridized carbons (Fsp3) is 0.250. The highest BCUT2D eigenvalue weighted by Gasteiger charge is 2.09. The van der Waals surface area contributed by atoms with Gasteiger partial charge in [0.2, 0.25) is 10.0 Å². The lowest BCUT2D eigenvalue weighted by Gasteiger charge is -2.10. The first-order valence-electron chi connectivity index (χ1n) is 5.44. The normalized spacial score (nSPS) is 11.7. The molecule has 0 heterocycles. The number of hydrogen-bond donors (Lipinski definition) is 1. The molecular weight excluding hydrogens is 268 g/mol. The van der Waals surface area contributed by atoms with Crippen LogP contribution >= 0.6 is 0 Å². The molecule has 7 heteroatoms. The van der Waals surface area contributed by atoms with Crippen molar-refractivity contribution in [2.75, 3.05) is 21.2 Å². The van der Waals surface area contributed by atoms with E-state index in [-0.39, 0.29) is 10.8 Å². The predicted octanol–water partition coefficient (Wildman–Crippen LogP) is 0.628. The number of hydrogen-bond acceptors (Lipinski definition) is 4. The van der Waals surface area contributed by atoms with Crippen molar-refractivity contribution >= 4 is 22.0 Å². The number of hydroxylamine groups is 2. The van der Waals surface area contributed by atoms with E-state index >= 15 is 0 Å². The zero-order chi connectivity index (χ0) is 14.5. The molecule has 0 radical (unpaired) electrons. The number of likely N-dealkylation sites (N-methyl/N-ethyl adjacent to an activating group) is 1. The van der Waals surface area contributed by atoms with Gasteiger partial charge in [0.15, 0.2) is 0 Å². The van der Waals surface area contributed by atoms with Crippen LogP contribution in [-0.2, 0) is 19.7 Å². The lowest BCUT2D eigenvalue weighted by molar-refractivity contribution is -0.162. The number of nitrogens with one attached hydrogen (secondary N) is 1. The molecule has 1 rings (SSSR count). The van der Waals surface area contributed by atoms with Gasteiger partial charge in [-0.3, -0.25) is 9.63 Å². The minimum atomic E-state index is -3.43. The van der Waals surface area contributed by atoms with Crippen LogP contribution < -0.4 is 4.72 Å². The topological polar surface area (TPSA) is 75.7 Å². The Morgan fingerprint density at radius 3 is 2.37 bits per heavy atom. The number of amides is 1. The van der Waals surface area contributed by atoms with Gasteiger partial charge in [0.25, 0.3) is 5.91 Å². The van der Waals surface area contributed by atoms with E-state index in [1.54, 1.807) is 18.2 Å². The second-order valence-corrected chi connectivity index (χ2v) is 5.51. The van der Waals surface area contributed by atoms with E-state index in [0.29, 0.717) is 5.56 Å². The van der Waals surface area contributed by atoms with E-state index in [0.717, 1.165) is 5.06 Å². The zero-order valence-corrected chi connectivity index (χ0v) is 11.8. The SMILES string of the molecule is CNS(=O)(=O)c1ccc(/C=C/C(=O)N(C)OC)cc1. The molecule has 0 aliphatic heterocycles. The largest absolute Gasteiger partial charge is 0.274 e. The summed E-state index contributed by atoms with van der Waals surface area (Å²) in [7, 11) is 0.804. The molecule has 0 aromatic heterocycles. The molecule has 104 valence electrons. The zero-order valence-electron chi connectivity index (χ0n) is 11.0. The minimum Gasteiger partial charge on any atom is -0.274 e. The predicted molar refractivity (Wildman–Crippen MR) is 71.5 cm³/mol. The molecule has 0 bridgehead atoms. The summed E-state index contributed by atoms with van der Waals surface area (Å²) in [5, 5.41) is 1.08. The van der Waals surface area contributed by atoms with Gasteiger partial charge in [-0.25, -0.2) is 18.2 Å². The molecule has 0 spiro atoms. The Morgan fingerprint density at radius 2 is 1.89 bits per heavy atom. The van der Waals surface area contributed by atoms with Crippen LogP contribution in [0.15, 0.2) is 35.2 Å². The van der Waals surface area contributed by atoms with Gasteiger partial charge in [-0.1, -0.05) is 12.1 Å². The molecule has 6 nitrogen and oxygen atoms in total. The molecule has 0 saturated carbocycles. The van der Waals surface area contributed by atoms with Gasteiger partial charge in [0.1, 0.15) is 0 Å². The van der Waals surface area contributed by atoms with Crippen molar-refractivity contribution in [1.29, 1.82) is 0 Å². The van der Waals surface area contributed by atoms with Crippen molar-refractivity contribution in [1.82, 2.24) is 9.79 Å². The van der Waals surface area contributed by atoms with Gasteiger partial charge in [0.05, 0.1) is 12.0 Å². The molecule has 1 aromatic rings. The molecule has 19 heavy (non-hydrogen) atoms. The maximum absolute atomic E-state index is 11.5. The summed E-state index contributed by atoms with van der Waals surface area (Å²) in [5.41, 5.74) is 0.716. The number of nitrogens with zero attached hydrogens (tertiary/aromatic N) is 1. The Morgan fingerprint density at radius 1 is 1.32 bits per heavy atom. The maximum Gasteiger partial charge on any atom is 0.269 e. The van der Waals surface area contributed by atoms with E-state index in [1.165, 1.54) is 39.4 Å². The Balaban J connectivity index is 2.84. The molecular formula is C12H16N2O4S. The first kappa shape index (κ1) is 15.4. The first-order chi connectivity index (χ1) is 8.90. The number of carbonyl (C=O) groups excluding carboxylic acids is 1.